The smallest absolute Gasteiger partial charge is 0.236 e. The summed E-state index contributed by atoms with van der Waals surface area (Å²) in [6.45, 7) is 5.32. The second kappa shape index (κ2) is 7.15. The summed E-state index contributed by atoms with van der Waals surface area (Å²) in [6.07, 6.45) is 0.900. The fraction of sp³-hybridized carbons (Fsp3) is 0.412. The van der Waals surface area contributed by atoms with Crippen molar-refractivity contribution < 1.29 is 4.79 Å². The highest BCUT2D eigenvalue weighted by molar-refractivity contribution is 6.31. The highest BCUT2D eigenvalue weighted by Gasteiger charge is 2.24. The van der Waals surface area contributed by atoms with E-state index in [0.29, 0.717) is 18.1 Å². The van der Waals surface area contributed by atoms with Crippen LogP contribution < -0.4 is 0 Å². The molecule has 1 aliphatic rings. The quantitative estimate of drug-likeness (QED) is 0.913. The molecular formula is C17H21ClN4O. The van der Waals surface area contributed by atoms with E-state index >= 15 is 0 Å². The van der Waals surface area contributed by atoms with E-state index in [0.717, 1.165) is 37.4 Å². The van der Waals surface area contributed by atoms with Gasteiger partial charge in [-0.05, 0) is 18.9 Å². The third kappa shape index (κ3) is 3.92. The van der Waals surface area contributed by atoms with Gasteiger partial charge in [0.1, 0.15) is 0 Å². The average molecular weight is 333 g/mol. The van der Waals surface area contributed by atoms with Crippen LogP contribution in [0.15, 0.2) is 30.3 Å². The molecule has 1 fully saturated rings. The summed E-state index contributed by atoms with van der Waals surface area (Å²) in [5, 5.41) is 7.76. The molecule has 6 heteroatoms. The average Bonchev–Trinajstić information content (AvgIpc) is 2.87. The third-order valence-corrected chi connectivity index (χ3v) is 4.73. The molecule has 1 saturated heterocycles. The van der Waals surface area contributed by atoms with Gasteiger partial charge in [0.25, 0.3) is 0 Å². The van der Waals surface area contributed by atoms with Gasteiger partial charge in [-0.1, -0.05) is 41.9 Å². The molecule has 122 valence electrons. The van der Waals surface area contributed by atoms with E-state index in [-0.39, 0.29) is 5.91 Å². The maximum atomic E-state index is 12.3. The SMILES string of the molecule is Cc1[nH]nc(CN2CCN(CCc3ccccc3)C(=O)C2)c1Cl. The number of carbonyl (C=O) groups excluding carboxylic acids is 1. The molecule has 2 aromatic rings. The zero-order valence-corrected chi connectivity index (χ0v) is 14.0. The van der Waals surface area contributed by atoms with Gasteiger partial charge in [0.05, 0.1) is 23.0 Å². The van der Waals surface area contributed by atoms with Gasteiger partial charge < -0.3 is 4.90 Å². The van der Waals surface area contributed by atoms with Crippen LogP contribution in [0.3, 0.4) is 0 Å². The highest BCUT2D eigenvalue weighted by Crippen LogP contribution is 2.19. The number of amides is 1. The number of hydrogen-bond acceptors (Lipinski definition) is 3. The molecule has 0 radical (unpaired) electrons. The van der Waals surface area contributed by atoms with Gasteiger partial charge in [0.15, 0.2) is 0 Å². The molecule has 0 aliphatic carbocycles. The summed E-state index contributed by atoms with van der Waals surface area (Å²) in [6, 6.07) is 10.3. The van der Waals surface area contributed by atoms with Gasteiger partial charge in [-0.15, -0.1) is 0 Å². The summed E-state index contributed by atoms with van der Waals surface area (Å²) in [7, 11) is 0. The van der Waals surface area contributed by atoms with Crippen LogP contribution in [0.2, 0.25) is 5.02 Å². The molecule has 1 amide bonds. The first-order chi connectivity index (χ1) is 11.1. The van der Waals surface area contributed by atoms with Crippen molar-refractivity contribution in [2.75, 3.05) is 26.2 Å². The van der Waals surface area contributed by atoms with E-state index in [1.54, 1.807) is 0 Å². The Morgan fingerprint density at radius 2 is 2.04 bits per heavy atom. The highest BCUT2D eigenvalue weighted by atomic mass is 35.5. The Morgan fingerprint density at radius 1 is 1.26 bits per heavy atom. The van der Waals surface area contributed by atoms with Crippen LogP contribution >= 0.6 is 11.6 Å². The van der Waals surface area contributed by atoms with E-state index in [9.17, 15) is 4.79 Å². The van der Waals surface area contributed by atoms with Crippen molar-refractivity contribution in [2.24, 2.45) is 0 Å². The number of halogens is 1. The number of nitrogens with one attached hydrogen (secondary N) is 1. The second-order valence-electron chi connectivity index (χ2n) is 5.94. The number of aromatic amines is 1. The number of carbonyl (C=O) groups is 1. The van der Waals surface area contributed by atoms with Crippen molar-refractivity contribution in [1.29, 1.82) is 0 Å². The van der Waals surface area contributed by atoms with E-state index in [2.05, 4.69) is 27.2 Å². The fourth-order valence-electron chi connectivity index (χ4n) is 2.82. The van der Waals surface area contributed by atoms with Crippen LogP contribution in [0.1, 0.15) is 17.0 Å². The monoisotopic (exact) mass is 332 g/mol. The Morgan fingerprint density at radius 3 is 2.70 bits per heavy atom. The number of aryl methyl sites for hydroxylation is 1. The predicted octanol–water partition coefficient (Wildman–Crippen LogP) is 2.26. The summed E-state index contributed by atoms with van der Waals surface area (Å²) in [4.78, 5) is 16.4. The molecule has 1 aromatic heterocycles. The maximum absolute atomic E-state index is 12.3. The second-order valence-corrected chi connectivity index (χ2v) is 6.31. The molecule has 1 aromatic carbocycles. The number of piperazine rings is 1. The van der Waals surface area contributed by atoms with Crippen LogP contribution in [0.25, 0.3) is 0 Å². The van der Waals surface area contributed by atoms with Crippen molar-refractivity contribution in [3.05, 3.63) is 52.3 Å². The molecule has 5 nitrogen and oxygen atoms in total. The number of aromatic nitrogens is 2. The van der Waals surface area contributed by atoms with Gasteiger partial charge in [-0.25, -0.2) is 0 Å². The molecule has 0 bridgehead atoms. The molecule has 0 unspecified atom stereocenters. The van der Waals surface area contributed by atoms with E-state index in [1.807, 2.05) is 30.0 Å². The Labute approximate surface area is 141 Å². The predicted molar refractivity (Wildman–Crippen MR) is 90.3 cm³/mol. The van der Waals surface area contributed by atoms with Crippen molar-refractivity contribution in [2.45, 2.75) is 19.9 Å². The van der Waals surface area contributed by atoms with Gasteiger partial charge in [-0.2, -0.15) is 5.10 Å². The van der Waals surface area contributed by atoms with Gasteiger partial charge >= 0.3 is 0 Å². The van der Waals surface area contributed by atoms with Crippen molar-refractivity contribution >= 4 is 17.5 Å². The number of benzene rings is 1. The molecule has 0 saturated carbocycles. The molecule has 1 N–H and O–H groups in total. The molecular weight excluding hydrogens is 312 g/mol. The fourth-order valence-corrected chi connectivity index (χ4v) is 2.96. The van der Waals surface area contributed by atoms with Crippen LogP contribution in [0, 0.1) is 6.92 Å². The van der Waals surface area contributed by atoms with Gasteiger partial charge in [0.2, 0.25) is 5.91 Å². The van der Waals surface area contributed by atoms with Crippen LogP contribution in [-0.4, -0.2) is 52.1 Å². The largest absolute Gasteiger partial charge is 0.340 e. The first kappa shape index (κ1) is 16.0. The summed E-state index contributed by atoms with van der Waals surface area (Å²) in [5.41, 5.74) is 2.95. The van der Waals surface area contributed by atoms with Crippen LogP contribution in [0.4, 0.5) is 0 Å². The molecule has 0 spiro atoms. The number of nitrogens with zero attached hydrogens (tertiary/aromatic N) is 3. The first-order valence-corrected chi connectivity index (χ1v) is 8.24. The molecule has 23 heavy (non-hydrogen) atoms. The molecule has 0 atom stereocenters. The lowest BCUT2D eigenvalue weighted by Gasteiger charge is -2.34. The van der Waals surface area contributed by atoms with Crippen molar-refractivity contribution in [3.63, 3.8) is 0 Å². The van der Waals surface area contributed by atoms with E-state index in [1.165, 1.54) is 5.56 Å². The van der Waals surface area contributed by atoms with Crippen molar-refractivity contribution in [1.82, 2.24) is 20.0 Å². The summed E-state index contributed by atoms with van der Waals surface area (Å²) in [5.74, 6) is 0.176. The number of H-pyrrole nitrogens is 1. The molecule has 2 heterocycles. The van der Waals surface area contributed by atoms with Crippen LogP contribution in [-0.2, 0) is 17.8 Å². The summed E-state index contributed by atoms with van der Waals surface area (Å²) < 4.78 is 0. The minimum Gasteiger partial charge on any atom is -0.340 e. The normalized spacial score (nSPS) is 16.1. The zero-order valence-electron chi connectivity index (χ0n) is 13.3. The third-order valence-electron chi connectivity index (χ3n) is 4.23. The van der Waals surface area contributed by atoms with E-state index in [4.69, 9.17) is 11.6 Å². The lowest BCUT2D eigenvalue weighted by Crippen LogP contribution is -2.50. The lowest BCUT2D eigenvalue weighted by atomic mass is 10.1. The van der Waals surface area contributed by atoms with Gasteiger partial charge in [0, 0.05) is 26.2 Å². The molecule has 3 rings (SSSR count). The Hall–Kier alpha value is -1.85. The maximum Gasteiger partial charge on any atom is 0.236 e. The minimum atomic E-state index is 0.176. The topological polar surface area (TPSA) is 52.2 Å². The minimum absolute atomic E-state index is 0.176. The van der Waals surface area contributed by atoms with Crippen LogP contribution in [0.5, 0.6) is 0 Å². The first-order valence-electron chi connectivity index (χ1n) is 7.87. The summed E-state index contributed by atoms with van der Waals surface area (Å²) >= 11 is 6.19. The standard InChI is InChI=1S/C17H21ClN4O/c1-13-17(18)15(20-19-13)11-21-9-10-22(16(23)12-21)8-7-14-5-3-2-4-6-14/h2-6H,7-12H2,1H3,(H,19,20). The van der Waals surface area contributed by atoms with E-state index < -0.39 is 0 Å². The number of hydrogen-bond donors (Lipinski definition) is 1. The Kier molecular flexibility index (Phi) is 4.98. The Bertz CT molecular complexity index is 670. The van der Waals surface area contributed by atoms with Crippen molar-refractivity contribution in [3.8, 4) is 0 Å². The lowest BCUT2D eigenvalue weighted by molar-refractivity contribution is -0.136. The zero-order chi connectivity index (χ0) is 16.2. The molecule has 1 aliphatic heterocycles. The van der Waals surface area contributed by atoms with Gasteiger partial charge in [-0.3, -0.25) is 14.8 Å². The number of rotatable bonds is 5. The Balaban J connectivity index is 1.51.